The molecule has 2 atom stereocenters. The number of rotatable bonds is 8. The molecule has 0 aliphatic carbocycles. The van der Waals surface area contributed by atoms with Crippen molar-refractivity contribution in [3.05, 3.63) is 0 Å². The summed E-state index contributed by atoms with van der Waals surface area (Å²) in [6.07, 6.45) is 5.23. The first-order valence-corrected chi connectivity index (χ1v) is 8.69. The van der Waals surface area contributed by atoms with E-state index in [0.29, 0.717) is 0 Å². The Morgan fingerprint density at radius 2 is 1.90 bits per heavy atom. The Morgan fingerprint density at radius 3 is 2.62 bits per heavy atom. The first-order chi connectivity index (χ1) is 10.3. The van der Waals surface area contributed by atoms with E-state index in [1.54, 1.807) is 0 Å². The largest absolute Gasteiger partial charge is 0.379 e. The molecule has 0 amide bonds. The van der Waals surface area contributed by atoms with E-state index in [1.807, 2.05) is 0 Å². The van der Waals surface area contributed by atoms with Crippen LogP contribution in [0.25, 0.3) is 0 Å². The van der Waals surface area contributed by atoms with Gasteiger partial charge in [0.2, 0.25) is 0 Å². The molecule has 0 radical (unpaired) electrons. The van der Waals surface area contributed by atoms with Crippen LogP contribution in [-0.2, 0) is 9.47 Å². The van der Waals surface area contributed by atoms with Crippen LogP contribution in [0.5, 0.6) is 0 Å². The van der Waals surface area contributed by atoms with Gasteiger partial charge in [-0.05, 0) is 19.4 Å². The Balaban J connectivity index is 1.57. The molecule has 0 bridgehead atoms. The van der Waals surface area contributed by atoms with Crippen LogP contribution < -0.4 is 5.73 Å². The molecule has 2 aliphatic heterocycles. The molecular weight excluding hydrogens is 266 g/mol. The highest BCUT2D eigenvalue weighted by atomic mass is 16.5. The lowest BCUT2D eigenvalue weighted by Gasteiger charge is -2.37. The number of ether oxygens (including phenoxy) is 2. The number of morpholine rings is 1. The summed E-state index contributed by atoms with van der Waals surface area (Å²) in [6, 6.07) is 0.171. The second-order valence-electron chi connectivity index (χ2n) is 6.32. The Hall–Kier alpha value is -0.200. The lowest BCUT2D eigenvalue weighted by atomic mass is 10.0. The predicted octanol–water partition coefficient (Wildman–Crippen LogP) is 0.927. The van der Waals surface area contributed by atoms with Crippen molar-refractivity contribution in [2.45, 2.75) is 44.8 Å². The Bertz CT molecular complexity index is 272. The molecule has 2 N–H and O–H groups in total. The lowest BCUT2D eigenvalue weighted by Crippen LogP contribution is -2.52. The molecule has 5 heteroatoms. The molecule has 0 aromatic rings. The highest BCUT2D eigenvalue weighted by molar-refractivity contribution is 4.84. The highest BCUT2D eigenvalue weighted by Crippen LogP contribution is 2.14. The third-order valence-electron chi connectivity index (χ3n) is 4.60. The molecule has 2 aliphatic rings. The number of hydrogen-bond acceptors (Lipinski definition) is 5. The van der Waals surface area contributed by atoms with E-state index in [2.05, 4.69) is 16.7 Å². The van der Waals surface area contributed by atoms with E-state index in [1.165, 1.54) is 25.8 Å². The van der Waals surface area contributed by atoms with E-state index < -0.39 is 0 Å². The number of nitrogens with two attached hydrogens (primary N) is 1. The summed E-state index contributed by atoms with van der Waals surface area (Å²) in [4.78, 5) is 4.91. The fraction of sp³-hybridized carbons (Fsp3) is 1.00. The number of hydrogen-bond donors (Lipinski definition) is 1. The van der Waals surface area contributed by atoms with Crippen LogP contribution >= 0.6 is 0 Å². The van der Waals surface area contributed by atoms with Gasteiger partial charge in [0.05, 0.1) is 25.9 Å². The van der Waals surface area contributed by atoms with Crippen LogP contribution in [-0.4, -0.2) is 81.0 Å². The average Bonchev–Trinajstić information content (AvgIpc) is 2.51. The third kappa shape index (κ3) is 6.20. The summed E-state index contributed by atoms with van der Waals surface area (Å²) in [5.74, 6) is 0. The highest BCUT2D eigenvalue weighted by Gasteiger charge is 2.26. The van der Waals surface area contributed by atoms with E-state index in [-0.39, 0.29) is 12.1 Å². The van der Waals surface area contributed by atoms with Crippen LogP contribution in [0.2, 0.25) is 0 Å². The fourth-order valence-electron chi connectivity index (χ4n) is 3.18. The molecule has 0 spiro atoms. The summed E-state index contributed by atoms with van der Waals surface area (Å²) in [5.41, 5.74) is 6.29. The van der Waals surface area contributed by atoms with Gasteiger partial charge in [-0.2, -0.15) is 0 Å². The van der Waals surface area contributed by atoms with Crippen molar-refractivity contribution >= 4 is 0 Å². The van der Waals surface area contributed by atoms with Crippen molar-refractivity contribution < 1.29 is 9.47 Å². The van der Waals surface area contributed by atoms with Gasteiger partial charge in [-0.25, -0.2) is 0 Å². The van der Waals surface area contributed by atoms with Crippen molar-refractivity contribution in [2.24, 2.45) is 5.73 Å². The first-order valence-electron chi connectivity index (χ1n) is 8.69. The molecule has 0 aromatic heterocycles. The lowest BCUT2D eigenvalue weighted by molar-refractivity contribution is -0.0273. The van der Waals surface area contributed by atoms with Crippen LogP contribution in [0.4, 0.5) is 0 Å². The Kier molecular flexibility index (Phi) is 7.96. The quantitative estimate of drug-likeness (QED) is 0.676. The number of nitrogens with zero attached hydrogens (tertiary/aromatic N) is 2. The normalized spacial score (nSPS) is 28.9. The summed E-state index contributed by atoms with van der Waals surface area (Å²) >= 11 is 0. The average molecular weight is 299 g/mol. The summed E-state index contributed by atoms with van der Waals surface area (Å²) in [5, 5.41) is 0. The van der Waals surface area contributed by atoms with Gasteiger partial charge in [0.1, 0.15) is 0 Å². The van der Waals surface area contributed by atoms with Crippen LogP contribution in [0.3, 0.4) is 0 Å². The zero-order valence-corrected chi connectivity index (χ0v) is 13.6. The van der Waals surface area contributed by atoms with Crippen molar-refractivity contribution in [3.8, 4) is 0 Å². The molecule has 124 valence electrons. The molecule has 2 rings (SSSR count). The number of unbranched alkanes of at least 4 members (excludes halogenated alkanes) is 2. The second-order valence-corrected chi connectivity index (χ2v) is 6.32. The Morgan fingerprint density at radius 1 is 1.10 bits per heavy atom. The molecule has 2 fully saturated rings. The van der Waals surface area contributed by atoms with E-state index in [4.69, 9.17) is 15.2 Å². The van der Waals surface area contributed by atoms with Gasteiger partial charge in [-0.15, -0.1) is 0 Å². The third-order valence-corrected chi connectivity index (χ3v) is 4.60. The summed E-state index contributed by atoms with van der Waals surface area (Å²) < 4.78 is 11.4. The van der Waals surface area contributed by atoms with Gasteiger partial charge in [0.15, 0.2) is 0 Å². The number of piperidine rings is 1. The van der Waals surface area contributed by atoms with Gasteiger partial charge in [-0.1, -0.05) is 19.8 Å². The van der Waals surface area contributed by atoms with Crippen LogP contribution in [0.15, 0.2) is 0 Å². The SMILES string of the molecule is CCCCCN1CCC(OCCN2CCOCC2)C(N)C1. The minimum Gasteiger partial charge on any atom is -0.379 e. The molecular formula is C16H33N3O2. The van der Waals surface area contributed by atoms with Crippen LogP contribution in [0.1, 0.15) is 32.6 Å². The molecule has 2 heterocycles. The minimum atomic E-state index is 0.171. The zero-order valence-electron chi connectivity index (χ0n) is 13.6. The predicted molar refractivity (Wildman–Crippen MR) is 85.6 cm³/mol. The summed E-state index contributed by atoms with van der Waals surface area (Å²) in [7, 11) is 0. The summed E-state index contributed by atoms with van der Waals surface area (Å²) in [6.45, 7) is 11.2. The maximum Gasteiger partial charge on any atom is 0.0751 e. The van der Waals surface area contributed by atoms with Crippen molar-refractivity contribution in [3.63, 3.8) is 0 Å². The Labute approximate surface area is 129 Å². The molecule has 0 aromatic carbocycles. The van der Waals surface area contributed by atoms with Crippen molar-refractivity contribution in [1.29, 1.82) is 0 Å². The first kappa shape index (κ1) is 17.2. The monoisotopic (exact) mass is 299 g/mol. The van der Waals surface area contributed by atoms with E-state index in [0.717, 1.165) is 59.0 Å². The molecule has 2 saturated heterocycles. The van der Waals surface area contributed by atoms with E-state index in [9.17, 15) is 0 Å². The maximum absolute atomic E-state index is 6.29. The van der Waals surface area contributed by atoms with Crippen molar-refractivity contribution in [1.82, 2.24) is 9.80 Å². The van der Waals surface area contributed by atoms with Gasteiger partial charge < -0.3 is 20.1 Å². The second kappa shape index (κ2) is 9.74. The van der Waals surface area contributed by atoms with Gasteiger partial charge in [-0.3, -0.25) is 4.90 Å². The molecule has 0 saturated carbocycles. The fourth-order valence-corrected chi connectivity index (χ4v) is 3.18. The molecule has 5 nitrogen and oxygen atoms in total. The topological polar surface area (TPSA) is 51.0 Å². The minimum absolute atomic E-state index is 0.171. The van der Waals surface area contributed by atoms with Gasteiger partial charge >= 0.3 is 0 Å². The maximum atomic E-state index is 6.29. The zero-order chi connectivity index (χ0) is 14.9. The number of likely N-dealkylation sites (tertiary alicyclic amines) is 1. The van der Waals surface area contributed by atoms with Crippen LogP contribution in [0, 0.1) is 0 Å². The molecule has 2 unspecified atom stereocenters. The smallest absolute Gasteiger partial charge is 0.0751 e. The van der Waals surface area contributed by atoms with Gasteiger partial charge in [0.25, 0.3) is 0 Å². The standard InChI is InChI=1S/C16H33N3O2/c1-2-3-4-6-19-7-5-16(15(17)14-19)21-13-10-18-8-11-20-12-9-18/h15-16H,2-14,17H2,1H3. The van der Waals surface area contributed by atoms with Crippen molar-refractivity contribution in [2.75, 3.05) is 59.1 Å². The van der Waals surface area contributed by atoms with E-state index >= 15 is 0 Å². The molecule has 21 heavy (non-hydrogen) atoms. The van der Waals surface area contributed by atoms with Gasteiger partial charge in [0, 0.05) is 38.8 Å².